The Kier molecular flexibility index (Phi) is 4.12. The van der Waals surface area contributed by atoms with Crippen molar-refractivity contribution in [2.45, 2.75) is 12.5 Å². The van der Waals surface area contributed by atoms with Gasteiger partial charge in [0.15, 0.2) is 5.69 Å². The van der Waals surface area contributed by atoms with Crippen LogP contribution < -0.4 is 10.1 Å². The molecule has 1 aliphatic heterocycles. The molecule has 2 N–H and O–H groups in total. The summed E-state index contributed by atoms with van der Waals surface area (Å²) in [5.41, 5.74) is 2.23. The van der Waals surface area contributed by atoms with Crippen molar-refractivity contribution in [2.24, 2.45) is 0 Å². The van der Waals surface area contributed by atoms with Crippen LogP contribution in [0.4, 0.5) is 0 Å². The summed E-state index contributed by atoms with van der Waals surface area (Å²) in [6.07, 6.45) is 0.734. The number of thiophene rings is 1. The van der Waals surface area contributed by atoms with Crippen LogP contribution in [0.15, 0.2) is 46.3 Å². The Hall–Kier alpha value is -2.12. The summed E-state index contributed by atoms with van der Waals surface area (Å²) < 4.78 is 6.62. The van der Waals surface area contributed by atoms with Crippen molar-refractivity contribution >= 4 is 33.2 Å². The third kappa shape index (κ3) is 2.97. The van der Waals surface area contributed by atoms with Crippen LogP contribution >= 0.6 is 27.3 Å². The molecule has 1 aromatic carbocycles. The maximum absolute atomic E-state index is 12.5. The van der Waals surface area contributed by atoms with Crippen molar-refractivity contribution in [3.05, 3.63) is 57.5 Å². The summed E-state index contributed by atoms with van der Waals surface area (Å²) in [7, 11) is 0. The van der Waals surface area contributed by atoms with E-state index in [0.29, 0.717) is 12.3 Å². The summed E-state index contributed by atoms with van der Waals surface area (Å²) in [4.78, 5) is 13.6. The second-order valence-electron chi connectivity index (χ2n) is 5.49. The molecule has 0 radical (unpaired) electrons. The monoisotopic (exact) mass is 403 g/mol. The van der Waals surface area contributed by atoms with E-state index >= 15 is 0 Å². The normalized spacial score (nSPS) is 16.3. The number of carbonyl (C=O) groups excluding carboxylic acids is 1. The maximum Gasteiger partial charge on any atom is 0.272 e. The summed E-state index contributed by atoms with van der Waals surface area (Å²) in [5, 5.41) is 12.1. The van der Waals surface area contributed by atoms with Crippen LogP contribution in [0.1, 0.15) is 28.5 Å². The third-order valence-corrected chi connectivity index (χ3v) is 5.31. The van der Waals surface area contributed by atoms with Crippen LogP contribution in [-0.4, -0.2) is 22.7 Å². The third-order valence-electron chi connectivity index (χ3n) is 3.91. The fourth-order valence-corrected chi connectivity index (χ4v) is 3.81. The molecule has 0 saturated heterocycles. The SMILES string of the molecule is O=C(NC1CCOc2ccc(Br)cc21)c1cc(-c2cccs2)[nH]n1. The zero-order valence-electron chi connectivity index (χ0n) is 12.6. The predicted octanol–water partition coefficient (Wildman–Crippen LogP) is 4.15. The molecule has 3 heterocycles. The molecular formula is C17H14BrN3O2S. The van der Waals surface area contributed by atoms with E-state index in [1.54, 1.807) is 17.4 Å². The molecule has 4 rings (SSSR count). The Morgan fingerprint density at radius 1 is 1.38 bits per heavy atom. The van der Waals surface area contributed by atoms with Gasteiger partial charge in [-0.25, -0.2) is 0 Å². The number of hydrogen-bond donors (Lipinski definition) is 2. The fraction of sp³-hybridized carbons (Fsp3) is 0.176. The lowest BCUT2D eigenvalue weighted by Gasteiger charge is -2.26. The number of aromatic amines is 1. The average Bonchev–Trinajstić information content (AvgIpc) is 3.26. The van der Waals surface area contributed by atoms with Gasteiger partial charge in [0.05, 0.1) is 23.2 Å². The summed E-state index contributed by atoms with van der Waals surface area (Å²) in [6.45, 7) is 0.584. The molecule has 2 aromatic heterocycles. The molecule has 24 heavy (non-hydrogen) atoms. The number of amides is 1. The van der Waals surface area contributed by atoms with E-state index in [1.165, 1.54) is 0 Å². The number of benzene rings is 1. The molecule has 122 valence electrons. The Morgan fingerprint density at radius 3 is 3.12 bits per heavy atom. The number of carbonyl (C=O) groups is 1. The topological polar surface area (TPSA) is 67.0 Å². The summed E-state index contributed by atoms with van der Waals surface area (Å²) in [5.74, 6) is 0.628. The largest absolute Gasteiger partial charge is 0.493 e. The van der Waals surface area contributed by atoms with E-state index in [4.69, 9.17) is 4.74 Å². The smallest absolute Gasteiger partial charge is 0.272 e. The Bertz CT molecular complexity index is 876. The zero-order valence-corrected chi connectivity index (χ0v) is 15.0. The number of ether oxygens (including phenoxy) is 1. The second-order valence-corrected chi connectivity index (χ2v) is 7.35. The summed E-state index contributed by atoms with van der Waals surface area (Å²) >= 11 is 5.07. The molecule has 5 nitrogen and oxygen atoms in total. The van der Waals surface area contributed by atoms with Crippen molar-refractivity contribution in [2.75, 3.05) is 6.61 Å². The molecule has 0 aliphatic carbocycles. The fourth-order valence-electron chi connectivity index (χ4n) is 2.74. The Morgan fingerprint density at radius 2 is 2.29 bits per heavy atom. The minimum Gasteiger partial charge on any atom is -0.493 e. The van der Waals surface area contributed by atoms with Crippen LogP contribution in [0, 0.1) is 0 Å². The molecule has 0 spiro atoms. The lowest BCUT2D eigenvalue weighted by atomic mass is 10.0. The van der Waals surface area contributed by atoms with Crippen LogP contribution in [0.25, 0.3) is 10.6 Å². The van der Waals surface area contributed by atoms with Crippen molar-refractivity contribution in [1.82, 2.24) is 15.5 Å². The first kappa shape index (κ1) is 15.4. The highest BCUT2D eigenvalue weighted by Crippen LogP contribution is 2.34. The highest BCUT2D eigenvalue weighted by Gasteiger charge is 2.24. The first-order valence-electron chi connectivity index (χ1n) is 7.53. The lowest BCUT2D eigenvalue weighted by Crippen LogP contribution is -2.32. The number of fused-ring (bicyclic) bond motifs is 1. The van der Waals surface area contributed by atoms with Crippen LogP contribution in [0.5, 0.6) is 5.75 Å². The molecule has 0 bridgehead atoms. The molecule has 1 unspecified atom stereocenters. The van der Waals surface area contributed by atoms with Gasteiger partial charge >= 0.3 is 0 Å². The number of nitrogens with one attached hydrogen (secondary N) is 2. The van der Waals surface area contributed by atoms with Gasteiger partial charge in [0.25, 0.3) is 5.91 Å². The van der Waals surface area contributed by atoms with E-state index in [-0.39, 0.29) is 11.9 Å². The Labute approximate surface area is 151 Å². The highest BCUT2D eigenvalue weighted by molar-refractivity contribution is 9.10. The van der Waals surface area contributed by atoms with Crippen LogP contribution in [-0.2, 0) is 0 Å². The number of nitrogens with zero attached hydrogens (tertiary/aromatic N) is 1. The van der Waals surface area contributed by atoms with Gasteiger partial charge in [-0.05, 0) is 35.7 Å². The number of aromatic nitrogens is 2. The van der Waals surface area contributed by atoms with Gasteiger partial charge in [0.2, 0.25) is 0 Å². The van der Waals surface area contributed by atoms with Gasteiger partial charge in [-0.15, -0.1) is 11.3 Å². The van der Waals surface area contributed by atoms with E-state index < -0.39 is 0 Å². The maximum atomic E-state index is 12.5. The van der Waals surface area contributed by atoms with Gasteiger partial charge in [0, 0.05) is 16.5 Å². The van der Waals surface area contributed by atoms with Gasteiger partial charge in [-0.2, -0.15) is 5.10 Å². The van der Waals surface area contributed by atoms with Gasteiger partial charge in [0.1, 0.15) is 5.75 Å². The van der Waals surface area contributed by atoms with Crippen molar-refractivity contribution < 1.29 is 9.53 Å². The van der Waals surface area contributed by atoms with Crippen LogP contribution in [0.3, 0.4) is 0 Å². The number of H-pyrrole nitrogens is 1. The average molecular weight is 404 g/mol. The summed E-state index contributed by atoms with van der Waals surface area (Å²) in [6, 6.07) is 11.5. The van der Waals surface area contributed by atoms with E-state index in [2.05, 4.69) is 31.4 Å². The lowest BCUT2D eigenvalue weighted by molar-refractivity contribution is 0.0919. The first-order valence-corrected chi connectivity index (χ1v) is 9.20. The van der Waals surface area contributed by atoms with Gasteiger partial charge in [-0.3, -0.25) is 9.89 Å². The van der Waals surface area contributed by atoms with Gasteiger partial charge in [-0.1, -0.05) is 22.0 Å². The molecule has 3 aromatic rings. The molecule has 1 atom stereocenters. The minimum absolute atomic E-state index is 0.0827. The molecule has 1 aliphatic rings. The second kappa shape index (κ2) is 6.41. The quantitative estimate of drug-likeness (QED) is 0.689. The first-order chi connectivity index (χ1) is 11.7. The van der Waals surface area contributed by atoms with Crippen molar-refractivity contribution in [3.63, 3.8) is 0 Å². The number of hydrogen-bond acceptors (Lipinski definition) is 4. The predicted molar refractivity (Wildman–Crippen MR) is 96.4 cm³/mol. The van der Waals surface area contributed by atoms with E-state index in [1.807, 2.05) is 35.7 Å². The number of rotatable bonds is 3. The Balaban J connectivity index is 1.54. The molecule has 1 amide bonds. The zero-order chi connectivity index (χ0) is 16.5. The van der Waals surface area contributed by atoms with Crippen LogP contribution in [0.2, 0.25) is 0 Å². The highest BCUT2D eigenvalue weighted by atomic mass is 79.9. The number of halogens is 1. The van der Waals surface area contributed by atoms with E-state index in [0.717, 1.165) is 32.8 Å². The molecule has 0 fully saturated rings. The van der Waals surface area contributed by atoms with Gasteiger partial charge < -0.3 is 10.1 Å². The van der Waals surface area contributed by atoms with Crippen molar-refractivity contribution in [3.8, 4) is 16.3 Å². The molecular weight excluding hydrogens is 390 g/mol. The molecule has 0 saturated carbocycles. The van der Waals surface area contributed by atoms with E-state index in [9.17, 15) is 4.79 Å². The van der Waals surface area contributed by atoms with Crippen molar-refractivity contribution in [1.29, 1.82) is 0 Å². The standard InChI is InChI=1S/C17H14BrN3O2S/c18-10-3-4-15-11(8-10)12(5-6-23-15)19-17(22)14-9-13(20-21-14)16-2-1-7-24-16/h1-4,7-9,12H,5-6H2,(H,19,22)(H,20,21). The molecule has 7 heteroatoms. The minimum atomic E-state index is -0.188.